The molecule has 0 bridgehead atoms. The Bertz CT molecular complexity index is 370. The first-order valence-corrected chi connectivity index (χ1v) is 7.85. The van der Waals surface area contributed by atoms with Crippen LogP contribution in [0.4, 0.5) is 0 Å². The predicted molar refractivity (Wildman–Crippen MR) is 73.4 cm³/mol. The maximum atomic E-state index is 11.5. The maximum Gasteiger partial charge on any atom is 0.310 e. The Morgan fingerprint density at radius 3 is 2.40 bits per heavy atom. The van der Waals surface area contributed by atoms with Crippen LogP contribution in [0.5, 0.6) is 0 Å². The third-order valence-corrected chi connectivity index (χ3v) is 5.56. The van der Waals surface area contributed by atoms with Crippen LogP contribution < -0.4 is 0 Å². The van der Waals surface area contributed by atoms with Crippen molar-refractivity contribution in [2.75, 3.05) is 26.3 Å². The molecule has 3 rings (SSSR count). The summed E-state index contributed by atoms with van der Waals surface area (Å²) in [5.74, 6) is -0.942. The number of carbonyl (C=O) groups is 1. The minimum atomic E-state index is -0.628. The summed E-state index contributed by atoms with van der Waals surface area (Å²) in [5, 5.41) is 9.48. The van der Waals surface area contributed by atoms with E-state index in [2.05, 4.69) is 4.90 Å². The van der Waals surface area contributed by atoms with Gasteiger partial charge in [-0.05, 0) is 32.2 Å². The molecule has 3 aliphatic rings. The van der Waals surface area contributed by atoms with Crippen LogP contribution in [0.2, 0.25) is 0 Å². The van der Waals surface area contributed by atoms with E-state index >= 15 is 0 Å². The molecular weight excluding hydrogens is 258 g/mol. The van der Waals surface area contributed by atoms with Crippen molar-refractivity contribution >= 4 is 5.97 Å². The lowest BCUT2D eigenvalue weighted by Gasteiger charge is -2.39. The third kappa shape index (κ3) is 2.36. The van der Waals surface area contributed by atoms with Gasteiger partial charge in [0.05, 0.1) is 18.6 Å². The lowest BCUT2D eigenvalue weighted by Crippen LogP contribution is -2.44. The highest BCUT2D eigenvalue weighted by Crippen LogP contribution is 2.41. The normalized spacial score (nSPS) is 34.9. The second kappa shape index (κ2) is 5.28. The van der Waals surface area contributed by atoms with Crippen LogP contribution in [-0.4, -0.2) is 54.1 Å². The molecule has 1 N–H and O–H groups in total. The van der Waals surface area contributed by atoms with E-state index in [9.17, 15) is 9.90 Å². The molecule has 0 aromatic heterocycles. The minimum Gasteiger partial charge on any atom is -0.481 e. The Balaban J connectivity index is 1.58. The molecule has 1 unspecified atom stereocenters. The van der Waals surface area contributed by atoms with Crippen molar-refractivity contribution in [3.8, 4) is 0 Å². The number of likely N-dealkylation sites (tertiary alicyclic amines) is 1. The molecule has 20 heavy (non-hydrogen) atoms. The van der Waals surface area contributed by atoms with E-state index in [4.69, 9.17) is 9.47 Å². The van der Waals surface area contributed by atoms with E-state index in [1.165, 1.54) is 0 Å². The predicted octanol–water partition coefficient (Wildman–Crippen LogP) is 1.86. The van der Waals surface area contributed by atoms with E-state index in [-0.39, 0.29) is 5.79 Å². The Morgan fingerprint density at radius 2 is 1.90 bits per heavy atom. The van der Waals surface area contributed by atoms with Gasteiger partial charge in [0.2, 0.25) is 0 Å². The fraction of sp³-hybridized carbons (Fsp3) is 0.933. The first-order chi connectivity index (χ1) is 9.59. The first kappa shape index (κ1) is 14.3. The van der Waals surface area contributed by atoms with Crippen LogP contribution in [0.25, 0.3) is 0 Å². The topological polar surface area (TPSA) is 59.0 Å². The zero-order chi connectivity index (χ0) is 14.2. The van der Waals surface area contributed by atoms with Crippen molar-refractivity contribution in [3.05, 3.63) is 0 Å². The van der Waals surface area contributed by atoms with Gasteiger partial charge in [-0.15, -0.1) is 0 Å². The highest BCUT2D eigenvalue weighted by atomic mass is 16.7. The zero-order valence-electron chi connectivity index (χ0n) is 12.3. The zero-order valence-corrected chi connectivity index (χ0v) is 12.3. The molecule has 3 fully saturated rings. The second-order valence-electron chi connectivity index (χ2n) is 6.50. The van der Waals surface area contributed by atoms with E-state index in [0.29, 0.717) is 25.8 Å². The lowest BCUT2D eigenvalue weighted by atomic mass is 9.84. The number of nitrogens with zero attached hydrogens (tertiary/aromatic N) is 1. The van der Waals surface area contributed by atoms with E-state index < -0.39 is 11.4 Å². The van der Waals surface area contributed by atoms with Crippen LogP contribution >= 0.6 is 0 Å². The standard InChI is InChI=1S/C15H25NO4/c1-2-14(13(17)18)7-8-16(11-14)12-3-5-15(6-4-12)19-9-10-20-15/h12H,2-11H2,1H3,(H,17,18). The summed E-state index contributed by atoms with van der Waals surface area (Å²) >= 11 is 0. The number of carboxylic acid groups (broad SMARTS) is 1. The molecule has 114 valence electrons. The van der Waals surface area contributed by atoms with Gasteiger partial charge in [-0.3, -0.25) is 9.69 Å². The summed E-state index contributed by atoms with van der Waals surface area (Å²) < 4.78 is 11.5. The number of rotatable bonds is 3. The van der Waals surface area contributed by atoms with Gasteiger partial charge in [-0.2, -0.15) is 0 Å². The molecule has 5 heteroatoms. The Kier molecular flexibility index (Phi) is 3.77. The SMILES string of the molecule is CCC1(C(=O)O)CCN(C2CCC3(CC2)OCCO3)C1. The van der Waals surface area contributed by atoms with Crippen molar-refractivity contribution < 1.29 is 19.4 Å². The maximum absolute atomic E-state index is 11.5. The van der Waals surface area contributed by atoms with Crippen molar-refractivity contribution in [2.45, 2.75) is 57.3 Å². The molecule has 0 radical (unpaired) electrons. The molecular formula is C15H25NO4. The van der Waals surface area contributed by atoms with Crippen LogP contribution in [0.3, 0.4) is 0 Å². The van der Waals surface area contributed by atoms with Crippen molar-refractivity contribution in [3.63, 3.8) is 0 Å². The van der Waals surface area contributed by atoms with Gasteiger partial charge < -0.3 is 14.6 Å². The molecule has 1 spiro atoms. The van der Waals surface area contributed by atoms with Crippen LogP contribution in [0, 0.1) is 5.41 Å². The Hall–Kier alpha value is -0.650. The number of ether oxygens (including phenoxy) is 2. The van der Waals surface area contributed by atoms with Crippen molar-refractivity contribution in [1.29, 1.82) is 0 Å². The number of aliphatic carboxylic acids is 1. The van der Waals surface area contributed by atoms with Crippen LogP contribution in [-0.2, 0) is 14.3 Å². The quantitative estimate of drug-likeness (QED) is 0.856. The van der Waals surface area contributed by atoms with E-state index in [1.807, 2.05) is 6.92 Å². The first-order valence-electron chi connectivity index (χ1n) is 7.85. The third-order valence-electron chi connectivity index (χ3n) is 5.56. The van der Waals surface area contributed by atoms with Gasteiger partial charge in [0.15, 0.2) is 5.79 Å². The van der Waals surface area contributed by atoms with Crippen LogP contribution in [0.15, 0.2) is 0 Å². The number of carboxylic acids is 1. The summed E-state index contributed by atoms with van der Waals surface area (Å²) in [6.07, 6.45) is 5.51. The number of hydrogen-bond donors (Lipinski definition) is 1. The molecule has 1 atom stereocenters. The lowest BCUT2D eigenvalue weighted by molar-refractivity contribution is -0.183. The smallest absolute Gasteiger partial charge is 0.310 e. The molecule has 1 saturated carbocycles. The molecule has 0 amide bonds. The van der Waals surface area contributed by atoms with Crippen molar-refractivity contribution in [1.82, 2.24) is 4.90 Å². The Labute approximate surface area is 120 Å². The Morgan fingerprint density at radius 1 is 1.25 bits per heavy atom. The molecule has 5 nitrogen and oxygen atoms in total. The highest BCUT2D eigenvalue weighted by Gasteiger charge is 2.47. The fourth-order valence-corrected chi connectivity index (χ4v) is 4.02. The van der Waals surface area contributed by atoms with E-state index in [1.54, 1.807) is 0 Å². The molecule has 1 aliphatic carbocycles. The molecule has 2 saturated heterocycles. The fourth-order valence-electron chi connectivity index (χ4n) is 4.02. The molecule has 0 aromatic carbocycles. The summed E-state index contributed by atoms with van der Waals surface area (Å²) in [6, 6.07) is 0.501. The van der Waals surface area contributed by atoms with Crippen LogP contribution in [0.1, 0.15) is 45.4 Å². The highest BCUT2D eigenvalue weighted by molar-refractivity contribution is 5.75. The summed E-state index contributed by atoms with van der Waals surface area (Å²) in [5.41, 5.74) is -0.518. The van der Waals surface area contributed by atoms with Gasteiger partial charge in [0, 0.05) is 25.4 Å². The molecule has 2 heterocycles. The summed E-state index contributed by atoms with van der Waals surface area (Å²) in [4.78, 5) is 13.9. The largest absolute Gasteiger partial charge is 0.481 e. The second-order valence-corrected chi connectivity index (χ2v) is 6.50. The van der Waals surface area contributed by atoms with Gasteiger partial charge in [-0.25, -0.2) is 0 Å². The minimum absolute atomic E-state index is 0.315. The number of hydrogen-bond acceptors (Lipinski definition) is 4. The average Bonchev–Trinajstić information content (AvgIpc) is 3.08. The summed E-state index contributed by atoms with van der Waals surface area (Å²) in [6.45, 7) is 5.05. The van der Waals surface area contributed by atoms with Gasteiger partial charge in [0.25, 0.3) is 0 Å². The molecule has 2 aliphatic heterocycles. The van der Waals surface area contributed by atoms with Gasteiger partial charge in [0.1, 0.15) is 0 Å². The van der Waals surface area contributed by atoms with Crippen molar-refractivity contribution in [2.24, 2.45) is 5.41 Å². The monoisotopic (exact) mass is 283 g/mol. The van der Waals surface area contributed by atoms with Gasteiger partial charge in [-0.1, -0.05) is 6.92 Å². The van der Waals surface area contributed by atoms with E-state index in [0.717, 1.165) is 45.1 Å². The summed E-state index contributed by atoms with van der Waals surface area (Å²) in [7, 11) is 0. The van der Waals surface area contributed by atoms with Gasteiger partial charge >= 0.3 is 5.97 Å². The molecule has 0 aromatic rings. The average molecular weight is 283 g/mol.